The highest BCUT2D eigenvalue weighted by Gasteiger charge is 2.22. The molecule has 0 fully saturated rings. The molecule has 110 valence electrons. The fourth-order valence-corrected chi connectivity index (χ4v) is 2.70. The normalized spacial score (nSPS) is 13.8. The van der Waals surface area contributed by atoms with E-state index in [1.54, 1.807) is 4.68 Å². The van der Waals surface area contributed by atoms with Gasteiger partial charge in [0.05, 0.1) is 12.8 Å². The summed E-state index contributed by atoms with van der Waals surface area (Å²) in [7, 11) is 1.39. The Hall–Kier alpha value is -1.85. The lowest BCUT2D eigenvalue weighted by Crippen LogP contribution is -2.26. The second kappa shape index (κ2) is 5.87. The Morgan fingerprint density at radius 2 is 2.19 bits per heavy atom. The molecule has 0 atom stereocenters. The summed E-state index contributed by atoms with van der Waals surface area (Å²) in [5, 5.41) is 8.65. The monoisotopic (exact) mass is 305 g/mol. The molecule has 1 aliphatic rings. The van der Waals surface area contributed by atoms with Crippen LogP contribution in [0, 0.1) is 0 Å². The molecule has 21 heavy (non-hydrogen) atoms. The lowest BCUT2D eigenvalue weighted by molar-refractivity contribution is -0.141. The number of rotatable bonds is 3. The third kappa shape index (κ3) is 2.80. The first-order chi connectivity index (χ1) is 10.2. The number of hydrogen-bond acceptors (Lipinski definition) is 4. The number of carbonyl (C=O) groups excluding carboxylic acids is 1. The van der Waals surface area contributed by atoms with Crippen molar-refractivity contribution in [1.82, 2.24) is 15.1 Å². The Labute approximate surface area is 127 Å². The quantitative estimate of drug-likeness (QED) is 0.882. The Morgan fingerprint density at radius 3 is 2.90 bits per heavy atom. The minimum atomic E-state index is -0.290. The molecule has 0 spiro atoms. The molecular weight excluding hydrogens is 290 g/mol. The lowest BCUT2D eigenvalue weighted by atomic mass is 10.0. The molecule has 0 radical (unpaired) electrons. The van der Waals surface area contributed by atoms with Gasteiger partial charge in [-0.2, -0.15) is 5.10 Å². The summed E-state index contributed by atoms with van der Waals surface area (Å²) in [4.78, 5) is 11.5. The summed E-state index contributed by atoms with van der Waals surface area (Å²) in [6.07, 6.45) is 0.854. The summed E-state index contributed by atoms with van der Waals surface area (Å²) >= 11 is 5.94. The lowest BCUT2D eigenvalue weighted by Gasteiger charge is -2.15. The molecule has 0 saturated heterocycles. The van der Waals surface area contributed by atoms with E-state index in [9.17, 15) is 4.79 Å². The van der Waals surface area contributed by atoms with Crippen molar-refractivity contribution in [3.05, 3.63) is 40.5 Å². The van der Waals surface area contributed by atoms with E-state index in [4.69, 9.17) is 16.3 Å². The van der Waals surface area contributed by atoms with E-state index in [0.29, 0.717) is 5.02 Å². The summed E-state index contributed by atoms with van der Waals surface area (Å²) in [6, 6.07) is 7.59. The van der Waals surface area contributed by atoms with E-state index < -0.39 is 0 Å². The van der Waals surface area contributed by atoms with Crippen LogP contribution >= 0.6 is 11.6 Å². The third-order valence-corrected chi connectivity index (χ3v) is 3.88. The molecule has 5 nitrogen and oxygen atoms in total. The Bertz CT molecular complexity index is 664. The zero-order valence-electron chi connectivity index (χ0n) is 11.7. The number of aromatic nitrogens is 2. The molecule has 2 aromatic rings. The minimum absolute atomic E-state index is 0.145. The SMILES string of the molecule is COC(=O)Cn1nc(-c2ccc(Cl)cc2)c2c1CCNC2. The topological polar surface area (TPSA) is 56.2 Å². The molecule has 1 aromatic carbocycles. The van der Waals surface area contributed by atoms with Crippen molar-refractivity contribution < 1.29 is 9.53 Å². The molecule has 0 bridgehead atoms. The molecule has 0 unspecified atom stereocenters. The highest BCUT2D eigenvalue weighted by Crippen LogP contribution is 2.28. The van der Waals surface area contributed by atoms with Crippen molar-refractivity contribution in [2.24, 2.45) is 0 Å². The Balaban J connectivity index is 2.04. The summed E-state index contributed by atoms with van der Waals surface area (Å²) in [6.45, 7) is 1.79. The number of benzene rings is 1. The highest BCUT2D eigenvalue weighted by atomic mass is 35.5. The number of nitrogens with zero attached hydrogens (tertiary/aromatic N) is 2. The third-order valence-electron chi connectivity index (χ3n) is 3.63. The van der Waals surface area contributed by atoms with Gasteiger partial charge in [-0.25, -0.2) is 0 Å². The average Bonchev–Trinajstić information content (AvgIpc) is 2.87. The van der Waals surface area contributed by atoms with Gasteiger partial charge in [-0.1, -0.05) is 23.7 Å². The first-order valence-corrected chi connectivity index (χ1v) is 7.19. The molecule has 1 aliphatic heterocycles. The van der Waals surface area contributed by atoms with Crippen LogP contribution in [0.1, 0.15) is 11.3 Å². The fourth-order valence-electron chi connectivity index (χ4n) is 2.58. The van der Waals surface area contributed by atoms with Gasteiger partial charge in [0, 0.05) is 41.4 Å². The van der Waals surface area contributed by atoms with Gasteiger partial charge in [0.15, 0.2) is 0 Å². The van der Waals surface area contributed by atoms with E-state index in [2.05, 4.69) is 10.4 Å². The van der Waals surface area contributed by atoms with Crippen LogP contribution in [0.5, 0.6) is 0 Å². The van der Waals surface area contributed by atoms with Crippen LogP contribution in [-0.2, 0) is 29.0 Å². The average molecular weight is 306 g/mol. The van der Waals surface area contributed by atoms with Gasteiger partial charge in [0.2, 0.25) is 0 Å². The minimum Gasteiger partial charge on any atom is -0.468 e. The van der Waals surface area contributed by atoms with Gasteiger partial charge in [-0.15, -0.1) is 0 Å². The number of esters is 1. The van der Waals surface area contributed by atoms with Crippen LogP contribution < -0.4 is 5.32 Å². The van der Waals surface area contributed by atoms with Crippen molar-refractivity contribution in [1.29, 1.82) is 0 Å². The van der Waals surface area contributed by atoms with E-state index in [0.717, 1.165) is 42.0 Å². The molecular formula is C15H16ClN3O2. The van der Waals surface area contributed by atoms with Crippen molar-refractivity contribution in [2.75, 3.05) is 13.7 Å². The standard InChI is InChI=1S/C15H16ClN3O2/c1-21-14(20)9-19-13-6-7-17-8-12(13)15(18-19)10-2-4-11(16)5-3-10/h2-5,17H,6-9H2,1H3. The van der Waals surface area contributed by atoms with Crippen LogP contribution in [0.4, 0.5) is 0 Å². The van der Waals surface area contributed by atoms with Gasteiger partial charge in [0.1, 0.15) is 6.54 Å². The van der Waals surface area contributed by atoms with Crippen LogP contribution in [-0.4, -0.2) is 29.4 Å². The van der Waals surface area contributed by atoms with Gasteiger partial charge in [0.25, 0.3) is 0 Å². The zero-order valence-corrected chi connectivity index (χ0v) is 12.5. The maximum atomic E-state index is 11.5. The predicted molar refractivity (Wildman–Crippen MR) is 80.1 cm³/mol. The second-order valence-corrected chi connectivity index (χ2v) is 5.38. The van der Waals surface area contributed by atoms with Crippen LogP contribution in [0.15, 0.2) is 24.3 Å². The molecule has 0 saturated carbocycles. The molecule has 1 aromatic heterocycles. The number of methoxy groups -OCH3 is 1. The number of halogens is 1. The smallest absolute Gasteiger partial charge is 0.327 e. The maximum absolute atomic E-state index is 11.5. The summed E-state index contributed by atoms with van der Waals surface area (Å²) < 4.78 is 6.50. The van der Waals surface area contributed by atoms with E-state index in [1.807, 2.05) is 24.3 Å². The van der Waals surface area contributed by atoms with Crippen LogP contribution in [0.25, 0.3) is 11.3 Å². The van der Waals surface area contributed by atoms with E-state index >= 15 is 0 Å². The molecule has 3 rings (SSSR count). The number of hydrogen-bond donors (Lipinski definition) is 1. The van der Waals surface area contributed by atoms with Gasteiger partial charge in [-0.05, 0) is 12.1 Å². The van der Waals surface area contributed by atoms with E-state index in [1.165, 1.54) is 7.11 Å². The highest BCUT2D eigenvalue weighted by molar-refractivity contribution is 6.30. The van der Waals surface area contributed by atoms with Gasteiger partial charge in [-0.3, -0.25) is 9.48 Å². The summed E-state index contributed by atoms with van der Waals surface area (Å²) in [5.41, 5.74) is 4.15. The van der Waals surface area contributed by atoms with Gasteiger partial charge >= 0.3 is 5.97 Å². The molecule has 6 heteroatoms. The molecule has 0 amide bonds. The second-order valence-electron chi connectivity index (χ2n) is 4.94. The Morgan fingerprint density at radius 1 is 1.43 bits per heavy atom. The molecule has 2 heterocycles. The molecule has 0 aliphatic carbocycles. The van der Waals surface area contributed by atoms with E-state index in [-0.39, 0.29) is 12.5 Å². The largest absolute Gasteiger partial charge is 0.468 e. The van der Waals surface area contributed by atoms with Crippen molar-refractivity contribution in [3.8, 4) is 11.3 Å². The fraction of sp³-hybridized carbons (Fsp3) is 0.333. The summed E-state index contributed by atoms with van der Waals surface area (Å²) in [5.74, 6) is -0.290. The number of carbonyl (C=O) groups is 1. The van der Waals surface area contributed by atoms with Gasteiger partial charge < -0.3 is 10.1 Å². The Kier molecular flexibility index (Phi) is 3.94. The zero-order chi connectivity index (χ0) is 14.8. The first kappa shape index (κ1) is 14.1. The van der Waals surface area contributed by atoms with Crippen LogP contribution in [0.3, 0.4) is 0 Å². The number of nitrogens with one attached hydrogen (secondary N) is 1. The number of fused-ring (bicyclic) bond motifs is 1. The predicted octanol–water partition coefficient (Wildman–Crippen LogP) is 2.02. The van der Waals surface area contributed by atoms with Crippen molar-refractivity contribution in [2.45, 2.75) is 19.5 Å². The first-order valence-electron chi connectivity index (χ1n) is 6.81. The molecule has 1 N–H and O–H groups in total. The maximum Gasteiger partial charge on any atom is 0.327 e. The van der Waals surface area contributed by atoms with Crippen molar-refractivity contribution in [3.63, 3.8) is 0 Å². The van der Waals surface area contributed by atoms with Crippen LogP contribution in [0.2, 0.25) is 5.02 Å². The number of ether oxygens (including phenoxy) is 1. The van der Waals surface area contributed by atoms with Crippen molar-refractivity contribution >= 4 is 17.6 Å².